The van der Waals surface area contributed by atoms with Crippen molar-refractivity contribution in [3.63, 3.8) is 0 Å². The van der Waals surface area contributed by atoms with Crippen LogP contribution in [-0.4, -0.2) is 74.6 Å². The maximum absolute atomic E-state index is 13.0. The van der Waals surface area contributed by atoms with Crippen LogP contribution in [0.1, 0.15) is 49.7 Å². The molecule has 0 unspecified atom stereocenters. The van der Waals surface area contributed by atoms with Gasteiger partial charge in [0.05, 0.1) is 32.7 Å². The average Bonchev–Trinajstić information content (AvgIpc) is 2.85. The number of hydrogen-bond donors (Lipinski definition) is 2. The van der Waals surface area contributed by atoms with Gasteiger partial charge < -0.3 is 24.8 Å². The highest BCUT2D eigenvalue weighted by Crippen LogP contribution is 2.23. The minimum absolute atomic E-state index is 0.0860. The van der Waals surface area contributed by atoms with Gasteiger partial charge in [0.1, 0.15) is 0 Å². The molecule has 34 heavy (non-hydrogen) atoms. The van der Waals surface area contributed by atoms with Gasteiger partial charge in [-0.15, -0.1) is 11.7 Å². The van der Waals surface area contributed by atoms with Gasteiger partial charge in [-0.05, 0) is 30.9 Å². The van der Waals surface area contributed by atoms with Crippen LogP contribution < -0.4 is 11.6 Å². The molecule has 9 heteroatoms. The molecule has 1 aromatic carbocycles. The Morgan fingerprint density at radius 3 is 2.65 bits per heavy atom. The summed E-state index contributed by atoms with van der Waals surface area (Å²) in [4.78, 5) is 14.9. The fourth-order valence-corrected chi connectivity index (χ4v) is 4.10. The monoisotopic (exact) mass is 475 g/mol. The number of benzene rings is 1. The number of amides is 1. The van der Waals surface area contributed by atoms with Crippen LogP contribution in [0.15, 0.2) is 42.0 Å². The number of carbonyl (C=O) groups excluding carboxylic acids is 1. The number of ether oxygens (including phenoxy) is 3. The number of nitrogens with two attached hydrogens (primary N) is 2. The third-order valence-electron chi connectivity index (χ3n) is 5.98. The van der Waals surface area contributed by atoms with E-state index in [1.165, 1.54) is 11.5 Å². The summed E-state index contributed by atoms with van der Waals surface area (Å²) in [6.07, 6.45) is 7.88. The molecule has 0 bridgehead atoms. The molecule has 1 aliphatic rings. The third-order valence-corrected chi connectivity index (χ3v) is 5.98. The number of amidine groups is 1. The molecule has 1 amide bonds. The van der Waals surface area contributed by atoms with E-state index in [-0.39, 0.29) is 11.9 Å². The fraction of sp³-hybridized carbons (Fsp3) is 0.600. The summed E-state index contributed by atoms with van der Waals surface area (Å²) in [5, 5.41) is 5.38. The van der Waals surface area contributed by atoms with Gasteiger partial charge in [0.15, 0.2) is 12.1 Å². The molecule has 1 aromatic rings. The van der Waals surface area contributed by atoms with Gasteiger partial charge in [-0.2, -0.15) is 0 Å². The Balaban J connectivity index is 1.82. The van der Waals surface area contributed by atoms with Crippen LogP contribution >= 0.6 is 0 Å². The lowest BCUT2D eigenvalue weighted by molar-refractivity contribution is -0.151. The molecular weight excluding hydrogens is 434 g/mol. The highest BCUT2D eigenvalue weighted by atomic mass is 16.7. The molecular formula is C25H41N5O4. The number of rotatable bonds is 15. The van der Waals surface area contributed by atoms with Gasteiger partial charge in [0, 0.05) is 25.8 Å². The van der Waals surface area contributed by atoms with Crippen molar-refractivity contribution in [1.82, 2.24) is 10.0 Å². The first-order valence-corrected chi connectivity index (χ1v) is 12.0. The molecule has 2 rings (SSSR count). The molecule has 0 radical (unpaired) electrons. The molecule has 0 spiro atoms. The standard InChI is InChI=1S/C25H41N5O4/c1-4-15-30(27)28-25(26)21-10-8-9-20(18-21)13-16-34-17-14-23(31)29(19-24(32-2)33-3)22-11-6-5-7-12-22/h4,8-10,18,22,24H,1,5-7,11-17,19,27H2,2-3H3,(H2,26,28). The molecule has 0 aromatic heterocycles. The van der Waals surface area contributed by atoms with Crippen molar-refractivity contribution >= 4 is 11.7 Å². The first-order chi connectivity index (χ1) is 16.5. The van der Waals surface area contributed by atoms with Crippen LogP contribution in [0.2, 0.25) is 0 Å². The first kappa shape index (κ1) is 27.8. The number of methoxy groups -OCH3 is 2. The minimum atomic E-state index is -0.418. The van der Waals surface area contributed by atoms with Gasteiger partial charge in [-0.1, -0.05) is 43.5 Å². The number of nitrogens with zero attached hydrogens (tertiary/aromatic N) is 3. The summed E-state index contributed by atoms with van der Waals surface area (Å²) in [6, 6.07) is 8.04. The van der Waals surface area contributed by atoms with Crippen LogP contribution in [0.4, 0.5) is 0 Å². The van der Waals surface area contributed by atoms with E-state index in [1.807, 2.05) is 29.2 Å². The zero-order valence-electron chi connectivity index (χ0n) is 20.7. The van der Waals surface area contributed by atoms with Gasteiger partial charge in [0.25, 0.3) is 0 Å². The van der Waals surface area contributed by atoms with Crippen molar-refractivity contribution in [3.05, 3.63) is 48.0 Å². The van der Waals surface area contributed by atoms with E-state index in [0.29, 0.717) is 45.0 Å². The average molecular weight is 476 g/mol. The summed E-state index contributed by atoms with van der Waals surface area (Å²) >= 11 is 0. The van der Waals surface area contributed by atoms with Crippen LogP contribution in [0, 0.1) is 0 Å². The van der Waals surface area contributed by atoms with Gasteiger partial charge in [-0.3, -0.25) is 4.79 Å². The topological polar surface area (TPSA) is 116 Å². The second kappa shape index (κ2) is 15.4. The highest BCUT2D eigenvalue weighted by Gasteiger charge is 2.27. The zero-order chi connectivity index (χ0) is 24.8. The zero-order valence-corrected chi connectivity index (χ0v) is 20.7. The number of hydrogen-bond acceptors (Lipinski definition) is 7. The Labute approximate surface area is 203 Å². The summed E-state index contributed by atoms with van der Waals surface area (Å²) in [7, 11) is 3.20. The summed E-state index contributed by atoms with van der Waals surface area (Å²) in [5.74, 6) is 6.16. The van der Waals surface area contributed by atoms with Gasteiger partial charge >= 0.3 is 0 Å². The van der Waals surface area contributed by atoms with Crippen LogP contribution in [0.25, 0.3) is 0 Å². The molecule has 4 N–H and O–H groups in total. The first-order valence-electron chi connectivity index (χ1n) is 12.0. The molecule has 0 aliphatic heterocycles. The quantitative estimate of drug-likeness (QED) is 0.0761. The van der Waals surface area contributed by atoms with Crippen LogP contribution in [0.5, 0.6) is 0 Å². The van der Waals surface area contributed by atoms with E-state index in [4.69, 9.17) is 25.8 Å². The predicted octanol–water partition coefficient (Wildman–Crippen LogP) is 2.40. The van der Waals surface area contributed by atoms with E-state index in [0.717, 1.165) is 36.8 Å². The molecule has 1 saturated carbocycles. The summed E-state index contributed by atoms with van der Waals surface area (Å²) in [5.41, 5.74) is 7.92. The Kier molecular flexibility index (Phi) is 12.6. The summed E-state index contributed by atoms with van der Waals surface area (Å²) < 4.78 is 16.5. The Bertz CT molecular complexity index is 778. The Morgan fingerprint density at radius 2 is 1.97 bits per heavy atom. The third kappa shape index (κ3) is 9.42. The largest absolute Gasteiger partial charge is 0.382 e. The second-order valence-electron chi connectivity index (χ2n) is 8.45. The molecule has 9 nitrogen and oxygen atoms in total. The van der Waals surface area contributed by atoms with E-state index < -0.39 is 6.29 Å². The SMILES string of the molecule is C=CCN(N)N=C(N)c1cccc(CCOCCC(=O)N(CC(OC)OC)C2CCCCC2)c1. The van der Waals surface area contributed by atoms with Crippen molar-refractivity contribution in [2.45, 2.75) is 57.3 Å². The van der Waals surface area contributed by atoms with Crippen molar-refractivity contribution in [2.24, 2.45) is 16.7 Å². The minimum Gasteiger partial charge on any atom is -0.382 e. The Hall–Kier alpha value is -2.46. The van der Waals surface area contributed by atoms with Gasteiger partial charge in [0.2, 0.25) is 5.91 Å². The smallest absolute Gasteiger partial charge is 0.225 e. The van der Waals surface area contributed by atoms with Crippen molar-refractivity contribution in [1.29, 1.82) is 0 Å². The molecule has 1 aliphatic carbocycles. The van der Waals surface area contributed by atoms with Crippen molar-refractivity contribution in [3.8, 4) is 0 Å². The number of hydrazine groups is 1. The van der Waals surface area contributed by atoms with E-state index >= 15 is 0 Å². The lowest BCUT2D eigenvalue weighted by Gasteiger charge is -2.36. The van der Waals surface area contributed by atoms with Crippen LogP contribution in [-0.2, 0) is 25.4 Å². The normalized spacial score (nSPS) is 14.9. The maximum atomic E-state index is 13.0. The fourth-order valence-electron chi connectivity index (χ4n) is 4.10. The number of hydrazone groups is 1. The van der Waals surface area contributed by atoms with E-state index in [1.54, 1.807) is 20.3 Å². The van der Waals surface area contributed by atoms with Crippen molar-refractivity contribution < 1.29 is 19.0 Å². The molecule has 1 fully saturated rings. The molecule has 190 valence electrons. The van der Waals surface area contributed by atoms with Gasteiger partial charge in [-0.25, -0.2) is 11.0 Å². The predicted molar refractivity (Wildman–Crippen MR) is 134 cm³/mol. The molecule has 0 saturated heterocycles. The van der Waals surface area contributed by atoms with E-state index in [2.05, 4.69) is 11.7 Å². The lowest BCUT2D eigenvalue weighted by Crippen LogP contribution is -2.46. The Morgan fingerprint density at radius 1 is 1.24 bits per heavy atom. The molecule has 0 atom stereocenters. The number of carbonyl (C=O) groups is 1. The van der Waals surface area contributed by atoms with Crippen molar-refractivity contribution in [2.75, 3.05) is 40.5 Å². The van der Waals surface area contributed by atoms with Crippen LogP contribution in [0.3, 0.4) is 0 Å². The summed E-state index contributed by atoms with van der Waals surface area (Å²) in [6.45, 7) is 5.36. The highest BCUT2D eigenvalue weighted by molar-refractivity contribution is 5.97. The van der Waals surface area contributed by atoms with E-state index in [9.17, 15) is 4.79 Å². The second-order valence-corrected chi connectivity index (χ2v) is 8.45. The molecule has 0 heterocycles. The lowest BCUT2D eigenvalue weighted by atomic mass is 9.94. The maximum Gasteiger partial charge on any atom is 0.225 e.